The zero-order chi connectivity index (χ0) is 30.3. The van der Waals surface area contributed by atoms with Gasteiger partial charge in [0.25, 0.3) is 5.56 Å². The second-order valence-electron chi connectivity index (χ2n) is 12.9. The summed E-state index contributed by atoms with van der Waals surface area (Å²) in [5.74, 6) is 0. The van der Waals surface area contributed by atoms with Crippen molar-refractivity contribution in [2.24, 2.45) is 0 Å². The summed E-state index contributed by atoms with van der Waals surface area (Å²) in [5, 5.41) is 0. The molecular formula is C36H73N2O2P. The van der Waals surface area contributed by atoms with E-state index in [9.17, 15) is 9.59 Å². The molecule has 1 heterocycles. The van der Waals surface area contributed by atoms with E-state index >= 15 is 0 Å². The average molecular weight is 597 g/mol. The van der Waals surface area contributed by atoms with Gasteiger partial charge in [0.1, 0.15) is 0 Å². The number of rotatable bonds is 28. The van der Waals surface area contributed by atoms with Gasteiger partial charge in [0.05, 0.1) is 0 Å². The van der Waals surface area contributed by atoms with Gasteiger partial charge in [-0.15, -0.1) is 0 Å². The zero-order valence-electron chi connectivity index (χ0n) is 28.3. The Morgan fingerprint density at radius 1 is 0.463 bits per heavy atom. The van der Waals surface area contributed by atoms with E-state index in [0.717, 1.165) is 0 Å². The first-order chi connectivity index (χ1) is 20.0. The van der Waals surface area contributed by atoms with E-state index in [-0.39, 0.29) is 5.56 Å². The van der Waals surface area contributed by atoms with E-state index < -0.39 is 13.0 Å². The normalized spacial score (nSPS) is 11.8. The molecule has 244 valence electrons. The fourth-order valence-corrected chi connectivity index (χ4v) is 11.8. The van der Waals surface area contributed by atoms with Gasteiger partial charge in [0, 0.05) is 12.3 Å². The van der Waals surface area contributed by atoms with Crippen LogP contribution in [0.1, 0.15) is 182 Å². The van der Waals surface area contributed by atoms with Crippen molar-refractivity contribution in [3.05, 3.63) is 33.1 Å². The van der Waals surface area contributed by atoms with Gasteiger partial charge in [-0.25, -0.2) is 4.79 Å². The van der Waals surface area contributed by atoms with Crippen molar-refractivity contribution in [1.29, 1.82) is 0 Å². The van der Waals surface area contributed by atoms with Gasteiger partial charge in [0.15, 0.2) is 0 Å². The molecule has 5 heteroatoms. The van der Waals surface area contributed by atoms with E-state index in [0.29, 0.717) is 0 Å². The molecule has 41 heavy (non-hydrogen) atoms. The predicted octanol–water partition coefficient (Wildman–Crippen LogP) is 11.2. The Bertz CT molecular complexity index is 704. The molecule has 0 aromatic carbocycles. The van der Waals surface area contributed by atoms with E-state index in [1.54, 1.807) is 50.3 Å². The number of H-pyrrole nitrogens is 2. The van der Waals surface area contributed by atoms with Gasteiger partial charge in [-0.1, -0.05) is 13.3 Å². The SMILES string of the molecule is CCCCCCCCCCCCCC[PH](CCCCCC)(CCCCCC)CCCCCC.O=c1cc[nH]c(=O)[nH]1. The van der Waals surface area contributed by atoms with Crippen LogP contribution in [0.25, 0.3) is 0 Å². The van der Waals surface area contributed by atoms with Gasteiger partial charge in [0.2, 0.25) is 0 Å². The summed E-state index contributed by atoms with van der Waals surface area (Å²) in [6.07, 6.45) is 43.6. The molecule has 0 fully saturated rings. The summed E-state index contributed by atoms with van der Waals surface area (Å²) in [6.45, 7) is 9.42. The standard InChI is InChI=1S/C32H69P.C4H4N2O2/c1-5-9-13-17-18-19-20-21-22-23-24-28-32-33(29-25-14-10-6-2,30-26-15-11-7-3)31-27-16-12-8-4;7-3-1-2-5-4(8)6-3/h33H,5-32H2,1-4H3;1-2H,(H2,5,6,7,8). The third-order valence-corrected chi connectivity index (χ3v) is 14.6. The summed E-state index contributed by atoms with van der Waals surface area (Å²) >= 11 is 0. The Labute approximate surface area is 256 Å². The monoisotopic (exact) mass is 597 g/mol. The Morgan fingerprint density at radius 3 is 1.02 bits per heavy atom. The van der Waals surface area contributed by atoms with Gasteiger partial charge in [-0.2, -0.15) is 0 Å². The van der Waals surface area contributed by atoms with Gasteiger partial charge in [-0.05, 0) is 0 Å². The molecule has 0 aliphatic heterocycles. The first kappa shape index (κ1) is 40.1. The number of aromatic nitrogens is 2. The van der Waals surface area contributed by atoms with Crippen LogP contribution in [-0.2, 0) is 0 Å². The molecule has 1 aromatic rings. The number of nitrogens with one attached hydrogen (secondary N) is 2. The second-order valence-corrected chi connectivity index (χ2v) is 17.9. The topological polar surface area (TPSA) is 65.7 Å². The molecule has 0 radical (unpaired) electrons. The molecule has 0 atom stereocenters. The molecule has 0 spiro atoms. The molecule has 0 aliphatic carbocycles. The van der Waals surface area contributed by atoms with E-state index in [1.807, 2.05) is 4.98 Å². The summed E-state index contributed by atoms with van der Waals surface area (Å²) < 4.78 is 0. The van der Waals surface area contributed by atoms with Crippen LogP contribution in [-0.4, -0.2) is 34.6 Å². The van der Waals surface area contributed by atoms with Crippen LogP contribution in [0.2, 0.25) is 0 Å². The summed E-state index contributed by atoms with van der Waals surface area (Å²) in [6, 6.07) is 1.24. The molecule has 0 amide bonds. The van der Waals surface area contributed by atoms with Crippen molar-refractivity contribution in [3.8, 4) is 0 Å². The molecule has 0 saturated heterocycles. The smallest absolute Gasteiger partial charge is 0.314 e. The largest absolute Gasteiger partial charge is 0.325 e. The minimum atomic E-state index is -1.04. The second kappa shape index (κ2) is 30.6. The van der Waals surface area contributed by atoms with Crippen molar-refractivity contribution >= 4 is 7.26 Å². The third-order valence-electron chi connectivity index (χ3n) is 8.93. The maximum atomic E-state index is 10.2. The van der Waals surface area contributed by atoms with Crippen LogP contribution in [0, 0.1) is 0 Å². The Hall–Kier alpha value is -0.890. The Kier molecular flexibility index (Phi) is 29.9. The molecule has 1 rings (SSSR count). The minimum Gasteiger partial charge on any atom is -0.314 e. The Morgan fingerprint density at radius 2 is 0.756 bits per heavy atom. The fraction of sp³-hybridized carbons (Fsp3) is 0.889. The van der Waals surface area contributed by atoms with Crippen molar-refractivity contribution in [2.45, 2.75) is 182 Å². The van der Waals surface area contributed by atoms with Crippen molar-refractivity contribution in [3.63, 3.8) is 0 Å². The van der Waals surface area contributed by atoms with Crippen LogP contribution in [0.15, 0.2) is 21.9 Å². The molecule has 1 aromatic heterocycles. The molecule has 0 aliphatic rings. The molecule has 2 N–H and O–H groups in total. The summed E-state index contributed by atoms with van der Waals surface area (Å²) in [5.41, 5.74) is -0.855. The van der Waals surface area contributed by atoms with Crippen LogP contribution in [0.5, 0.6) is 0 Å². The zero-order valence-corrected chi connectivity index (χ0v) is 29.3. The third kappa shape index (κ3) is 26.5. The predicted molar refractivity (Wildman–Crippen MR) is 189 cm³/mol. The van der Waals surface area contributed by atoms with Gasteiger partial charge >= 0.3 is 206 Å². The molecular weight excluding hydrogens is 523 g/mol. The molecule has 4 nitrogen and oxygen atoms in total. The maximum Gasteiger partial charge on any atom is 0.325 e. The van der Waals surface area contributed by atoms with Crippen molar-refractivity contribution < 1.29 is 0 Å². The Balaban J connectivity index is 0.00000170. The fourth-order valence-electron chi connectivity index (χ4n) is 6.25. The number of hydrogen-bond donors (Lipinski definition) is 2. The van der Waals surface area contributed by atoms with Crippen LogP contribution in [0.3, 0.4) is 0 Å². The van der Waals surface area contributed by atoms with E-state index in [4.69, 9.17) is 0 Å². The number of hydrogen-bond acceptors (Lipinski definition) is 2. The summed E-state index contributed by atoms with van der Waals surface area (Å²) in [7, 11) is -1.04. The van der Waals surface area contributed by atoms with Crippen LogP contribution >= 0.6 is 7.26 Å². The number of unbranched alkanes of at least 4 members (excludes halogenated alkanes) is 20. The first-order valence-electron chi connectivity index (χ1n) is 18.3. The minimum absolute atomic E-state index is 0.381. The van der Waals surface area contributed by atoms with E-state index in [2.05, 4.69) is 32.7 Å². The van der Waals surface area contributed by atoms with Crippen molar-refractivity contribution in [1.82, 2.24) is 9.97 Å². The molecule has 0 bridgehead atoms. The van der Waals surface area contributed by atoms with Crippen LogP contribution < -0.4 is 11.2 Å². The summed E-state index contributed by atoms with van der Waals surface area (Å²) in [4.78, 5) is 24.7. The molecule has 0 saturated carbocycles. The van der Waals surface area contributed by atoms with Crippen molar-refractivity contribution in [2.75, 3.05) is 24.6 Å². The molecule has 0 unspecified atom stereocenters. The van der Waals surface area contributed by atoms with E-state index in [1.165, 1.54) is 141 Å². The van der Waals surface area contributed by atoms with Gasteiger partial charge < -0.3 is 4.98 Å². The quantitative estimate of drug-likeness (QED) is 0.0746. The van der Waals surface area contributed by atoms with Crippen LogP contribution in [0.4, 0.5) is 0 Å². The number of aromatic amines is 2. The van der Waals surface area contributed by atoms with Gasteiger partial charge in [-0.3, -0.25) is 9.78 Å². The average Bonchev–Trinajstić information content (AvgIpc) is 2.96. The first-order valence-corrected chi connectivity index (χ1v) is 21.1. The maximum absolute atomic E-state index is 10.2.